The molecule has 0 bridgehead atoms. The van der Waals surface area contributed by atoms with Crippen LogP contribution in [0, 0.1) is 18.6 Å². The first-order valence-corrected chi connectivity index (χ1v) is 9.85. The topological polar surface area (TPSA) is 73.7 Å². The van der Waals surface area contributed by atoms with Crippen LogP contribution in [0.3, 0.4) is 0 Å². The van der Waals surface area contributed by atoms with Gasteiger partial charge in [-0.05, 0) is 38.5 Å². The summed E-state index contributed by atoms with van der Waals surface area (Å²) >= 11 is 0. The Hall–Kier alpha value is -3.26. The van der Waals surface area contributed by atoms with E-state index >= 15 is 8.78 Å². The van der Waals surface area contributed by atoms with Crippen LogP contribution in [0.5, 0.6) is 0 Å². The molecule has 0 saturated carbocycles. The van der Waals surface area contributed by atoms with Gasteiger partial charge >= 0.3 is 0 Å². The molecule has 1 aliphatic rings. The number of nitrogens with one attached hydrogen (secondary N) is 1. The van der Waals surface area contributed by atoms with Crippen LogP contribution < -0.4 is 11.1 Å². The highest BCUT2D eigenvalue weighted by Crippen LogP contribution is 2.43. The monoisotopic (exact) mass is 408 g/mol. The number of aromatic nitrogens is 4. The van der Waals surface area contributed by atoms with Crippen molar-refractivity contribution in [1.29, 1.82) is 0 Å². The molecule has 30 heavy (non-hydrogen) atoms. The van der Waals surface area contributed by atoms with Gasteiger partial charge in [0.25, 0.3) is 0 Å². The van der Waals surface area contributed by atoms with E-state index in [9.17, 15) is 0 Å². The fraction of sp³-hybridized carbons (Fsp3) is 0.273. The van der Waals surface area contributed by atoms with Gasteiger partial charge in [-0.3, -0.25) is 4.57 Å². The van der Waals surface area contributed by atoms with Crippen molar-refractivity contribution in [3.05, 3.63) is 59.8 Å². The van der Waals surface area contributed by atoms with Crippen molar-refractivity contribution in [2.75, 3.05) is 11.9 Å². The number of fused-ring (bicyclic) bond motifs is 4. The summed E-state index contributed by atoms with van der Waals surface area (Å²) in [5, 5.41) is 12.3. The zero-order chi connectivity index (χ0) is 21.2. The highest BCUT2D eigenvalue weighted by atomic mass is 19.1. The van der Waals surface area contributed by atoms with Crippen molar-refractivity contribution in [2.24, 2.45) is 5.73 Å². The first-order chi connectivity index (χ1) is 14.3. The molecule has 0 amide bonds. The fourth-order valence-electron chi connectivity index (χ4n) is 4.37. The molecule has 8 heteroatoms. The molecule has 0 saturated heterocycles. The number of hydrogen-bond acceptors (Lipinski definition) is 4. The lowest BCUT2D eigenvalue weighted by Crippen LogP contribution is -2.36. The molecule has 0 spiro atoms. The number of anilines is 1. The zero-order valence-electron chi connectivity index (χ0n) is 17.0. The zero-order valence-corrected chi connectivity index (χ0v) is 17.0. The van der Waals surface area contributed by atoms with Gasteiger partial charge in [-0.25, -0.2) is 8.78 Å². The van der Waals surface area contributed by atoms with E-state index in [1.165, 1.54) is 6.07 Å². The van der Waals surface area contributed by atoms with Crippen LogP contribution in [0.25, 0.3) is 27.7 Å². The van der Waals surface area contributed by atoms with Gasteiger partial charge in [0.05, 0.1) is 16.8 Å². The lowest BCUT2D eigenvalue weighted by molar-refractivity contribution is 0.517. The number of aryl methyl sites for hydroxylation is 1. The molecule has 154 valence electrons. The first-order valence-electron chi connectivity index (χ1n) is 9.85. The Balaban J connectivity index is 1.80. The van der Waals surface area contributed by atoms with Crippen molar-refractivity contribution in [1.82, 2.24) is 19.3 Å². The standard InChI is InChI=1S/C22H22F2N6/c1-12-27-28-21-22(2,3)26-16-11-15(23)18(19(24)20(16)30(12)21)14-5-4-6-17-13(14)7-9-29(17)10-8-25/h4-7,9,11,26H,8,10,25H2,1-3H3. The Bertz CT molecular complexity index is 1300. The van der Waals surface area contributed by atoms with E-state index in [1.807, 2.05) is 36.7 Å². The summed E-state index contributed by atoms with van der Waals surface area (Å²) in [6, 6.07) is 8.70. The van der Waals surface area contributed by atoms with Gasteiger partial charge in [-0.1, -0.05) is 12.1 Å². The quantitative estimate of drug-likeness (QED) is 0.535. The van der Waals surface area contributed by atoms with E-state index in [0.717, 1.165) is 10.9 Å². The van der Waals surface area contributed by atoms with Gasteiger partial charge in [-0.2, -0.15) is 0 Å². The van der Waals surface area contributed by atoms with E-state index in [-0.39, 0.29) is 11.3 Å². The second-order valence-corrected chi connectivity index (χ2v) is 8.14. The number of nitrogens with two attached hydrogens (primary N) is 1. The van der Waals surface area contributed by atoms with Crippen LogP contribution in [-0.4, -0.2) is 25.9 Å². The second-order valence-electron chi connectivity index (χ2n) is 8.14. The lowest BCUT2D eigenvalue weighted by Gasteiger charge is -2.34. The minimum absolute atomic E-state index is 0.0644. The van der Waals surface area contributed by atoms with Crippen LogP contribution in [0.1, 0.15) is 25.5 Å². The summed E-state index contributed by atoms with van der Waals surface area (Å²) in [5.74, 6) is -0.139. The molecule has 6 nitrogen and oxygen atoms in total. The number of nitrogens with zero attached hydrogens (tertiary/aromatic N) is 4. The SMILES string of the molecule is Cc1nnc2n1-c1c(cc(F)c(-c3cccc4c3ccn4CCN)c1F)NC2(C)C. The molecule has 0 fully saturated rings. The summed E-state index contributed by atoms with van der Waals surface area (Å²) in [6.07, 6.45) is 1.89. The van der Waals surface area contributed by atoms with Crippen LogP contribution in [0.15, 0.2) is 36.5 Å². The van der Waals surface area contributed by atoms with E-state index in [0.29, 0.717) is 36.0 Å². The molecule has 5 rings (SSSR count). The van der Waals surface area contributed by atoms with Gasteiger partial charge in [0, 0.05) is 36.3 Å². The average molecular weight is 408 g/mol. The molecule has 0 unspecified atom stereocenters. The smallest absolute Gasteiger partial charge is 0.162 e. The highest BCUT2D eigenvalue weighted by Gasteiger charge is 2.37. The van der Waals surface area contributed by atoms with Gasteiger partial charge in [0.15, 0.2) is 11.6 Å². The summed E-state index contributed by atoms with van der Waals surface area (Å²) in [6.45, 7) is 6.68. The summed E-state index contributed by atoms with van der Waals surface area (Å²) in [5.41, 5.74) is 7.01. The van der Waals surface area contributed by atoms with Crippen LogP contribution >= 0.6 is 0 Å². The van der Waals surface area contributed by atoms with Crippen LogP contribution in [0.2, 0.25) is 0 Å². The minimum Gasteiger partial charge on any atom is -0.371 e. The first kappa shape index (κ1) is 18.7. The summed E-state index contributed by atoms with van der Waals surface area (Å²) in [7, 11) is 0. The third kappa shape index (κ3) is 2.50. The van der Waals surface area contributed by atoms with Crippen molar-refractivity contribution in [3.63, 3.8) is 0 Å². The highest BCUT2D eigenvalue weighted by molar-refractivity contribution is 5.97. The van der Waals surface area contributed by atoms with Crippen molar-refractivity contribution < 1.29 is 8.78 Å². The maximum atomic E-state index is 16.0. The van der Waals surface area contributed by atoms with Gasteiger partial charge < -0.3 is 15.6 Å². The Morgan fingerprint density at radius 2 is 1.97 bits per heavy atom. The van der Waals surface area contributed by atoms with E-state index < -0.39 is 17.2 Å². The van der Waals surface area contributed by atoms with Crippen LogP contribution in [-0.2, 0) is 12.1 Å². The predicted octanol–water partition coefficient (Wildman–Crippen LogP) is 4.09. The van der Waals surface area contributed by atoms with Gasteiger partial charge in [0.2, 0.25) is 0 Å². The largest absolute Gasteiger partial charge is 0.371 e. The van der Waals surface area contributed by atoms with Crippen molar-refractivity contribution in [2.45, 2.75) is 32.9 Å². The molecule has 0 atom stereocenters. The minimum atomic E-state index is -0.642. The molecule has 1 aliphatic heterocycles. The number of rotatable bonds is 3. The molecule has 3 heterocycles. The van der Waals surface area contributed by atoms with Crippen molar-refractivity contribution in [3.8, 4) is 16.8 Å². The van der Waals surface area contributed by atoms with E-state index in [2.05, 4.69) is 15.5 Å². The summed E-state index contributed by atoms with van der Waals surface area (Å²) in [4.78, 5) is 0. The number of benzene rings is 2. The molecular weight excluding hydrogens is 386 g/mol. The average Bonchev–Trinajstić information content (AvgIpc) is 3.27. The van der Waals surface area contributed by atoms with Crippen LogP contribution in [0.4, 0.5) is 14.5 Å². The maximum Gasteiger partial charge on any atom is 0.162 e. The second kappa shape index (κ2) is 6.37. The predicted molar refractivity (Wildman–Crippen MR) is 113 cm³/mol. The molecule has 2 aromatic carbocycles. The Morgan fingerprint density at radius 3 is 2.73 bits per heavy atom. The van der Waals surface area contributed by atoms with E-state index in [4.69, 9.17) is 5.73 Å². The third-order valence-electron chi connectivity index (χ3n) is 5.70. The third-order valence-corrected chi connectivity index (χ3v) is 5.70. The fourth-order valence-corrected chi connectivity index (χ4v) is 4.37. The molecule has 0 radical (unpaired) electrons. The Labute approximate surface area is 172 Å². The molecular formula is C22H22F2N6. The van der Waals surface area contributed by atoms with Gasteiger partial charge in [0.1, 0.15) is 17.3 Å². The molecule has 3 N–H and O–H groups in total. The maximum absolute atomic E-state index is 16.0. The number of hydrogen-bond donors (Lipinski definition) is 2. The molecule has 0 aliphatic carbocycles. The Kier molecular flexibility index (Phi) is 3.98. The summed E-state index contributed by atoms with van der Waals surface area (Å²) < 4.78 is 35.0. The van der Waals surface area contributed by atoms with E-state index in [1.54, 1.807) is 23.6 Å². The molecule has 4 aromatic rings. The normalized spacial score (nSPS) is 14.5. The molecule has 2 aromatic heterocycles. The Morgan fingerprint density at radius 1 is 1.17 bits per heavy atom. The number of halogens is 2. The lowest BCUT2D eigenvalue weighted by atomic mass is 9.95. The van der Waals surface area contributed by atoms with Crippen molar-refractivity contribution >= 4 is 16.6 Å². The van der Waals surface area contributed by atoms with Gasteiger partial charge in [-0.15, -0.1) is 10.2 Å².